The summed E-state index contributed by atoms with van der Waals surface area (Å²) in [5, 5.41) is 3.09. The Morgan fingerprint density at radius 1 is 1.56 bits per heavy atom. The summed E-state index contributed by atoms with van der Waals surface area (Å²) in [6.45, 7) is 1.79. The van der Waals surface area contributed by atoms with Crippen molar-refractivity contribution in [3.63, 3.8) is 0 Å². The lowest BCUT2D eigenvalue weighted by Gasteiger charge is -2.18. The average Bonchev–Trinajstić information content (AvgIpc) is 2.97. The fraction of sp³-hybridized carbons (Fsp3) is 0.417. The van der Waals surface area contributed by atoms with Crippen LogP contribution in [0.2, 0.25) is 5.02 Å². The first-order chi connectivity index (χ1) is 7.92. The highest BCUT2D eigenvalue weighted by atomic mass is 35.5. The Morgan fingerprint density at radius 3 is 2.67 bits per heavy atom. The topological polar surface area (TPSA) is 55.1 Å². The molecule has 0 aromatic heterocycles. The van der Waals surface area contributed by atoms with Gasteiger partial charge in [0.05, 0.1) is 11.6 Å². The van der Waals surface area contributed by atoms with Crippen molar-refractivity contribution < 1.29 is 9.18 Å². The number of hydrogen-bond acceptors (Lipinski definition) is 2. The summed E-state index contributed by atoms with van der Waals surface area (Å²) in [6, 6.07) is 3.84. The van der Waals surface area contributed by atoms with E-state index in [1.807, 2.05) is 0 Å². The Balaban J connectivity index is 0.00000162. The number of nitrogens with one attached hydrogen (secondary N) is 1. The van der Waals surface area contributed by atoms with Gasteiger partial charge in [-0.1, -0.05) is 17.7 Å². The van der Waals surface area contributed by atoms with E-state index in [-0.39, 0.29) is 24.4 Å². The molecular weight excluding hydrogens is 278 g/mol. The fourth-order valence-corrected chi connectivity index (χ4v) is 1.96. The zero-order valence-electron chi connectivity index (χ0n) is 9.87. The Hall–Kier alpha value is -0.840. The SMILES string of the molecule is CC(NC(=O)C1(N)CC1)c1ccc(F)cc1Cl.Cl. The zero-order valence-corrected chi connectivity index (χ0v) is 11.4. The molecule has 6 heteroatoms. The van der Waals surface area contributed by atoms with Crippen LogP contribution in [0, 0.1) is 5.82 Å². The number of rotatable bonds is 3. The van der Waals surface area contributed by atoms with E-state index < -0.39 is 11.4 Å². The first-order valence-electron chi connectivity index (χ1n) is 5.47. The molecule has 3 N–H and O–H groups in total. The lowest BCUT2D eigenvalue weighted by Crippen LogP contribution is -2.43. The first-order valence-corrected chi connectivity index (χ1v) is 5.85. The molecule has 1 atom stereocenters. The van der Waals surface area contributed by atoms with Gasteiger partial charge in [0.1, 0.15) is 5.82 Å². The Bertz CT molecular complexity index is 463. The van der Waals surface area contributed by atoms with Crippen molar-refractivity contribution in [2.75, 3.05) is 0 Å². The highest BCUT2D eigenvalue weighted by Gasteiger charge is 2.46. The van der Waals surface area contributed by atoms with Gasteiger partial charge in [0.15, 0.2) is 0 Å². The number of hydrogen-bond donors (Lipinski definition) is 2. The fourth-order valence-electron chi connectivity index (χ4n) is 1.63. The van der Waals surface area contributed by atoms with Crippen LogP contribution in [-0.4, -0.2) is 11.4 Å². The number of carbonyl (C=O) groups is 1. The molecule has 1 aliphatic rings. The van der Waals surface area contributed by atoms with Gasteiger partial charge in [-0.05, 0) is 37.5 Å². The van der Waals surface area contributed by atoms with E-state index in [1.165, 1.54) is 12.1 Å². The van der Waals surface area contributed by atoms with Gasteiger partial charge in [0, 0.05) is 5.02 Å². The molecule has 0 bridgehead atoms. The maximum atomic E-state index is 12.9. The zero-order chi connectivity index (χ0) is 12.6. The van der Waals surface area contributed by atoms with Gasteiger partial charge in [-0.25, -0.2) is 4.39 Å². The van der Waals surface area contributed by atoms with Crippen LogP contribution in [-0.2, 0) is 4.79 Å². The third kappa shape index (κ3) is 3.13. The van der Waals surface area contributed by atoms with Crippen LogP contribution < -0.4 is 11.1 Å². The predicted octanol–water partition coefficient (Wildman–Crippen LogP) is 2.57. The third-order valence-corrected chi connectivity index (χ3v) is 3.34. The van der Waals surface area contributed by atoms with Gasteiger partial charge in [-0.15, -0.1) is 12.4 Å². The molecule has 1 aromatic carbocycles. The quantitative estimate of drug-likeness (QED) is 0.900. The molecule has 0 aliphatic heterocycles. The van der Waals surface area contributed by atoms with Crippen LogP contribution in [0.25, 0.3) is 0 Å². The van der Waals surface area contributed by atoms with Crippen LogP contribution in [0.1, 0.15) is 31.4 Å². The van der Waals surface area contributed by atoms with Gasteiger partial charge >= 0.3 is 0 Å². The standard InChI is InChI=1S/C12H14ClFN2O.ClH/c1-7(16-11(17)12(15)4-5-12)9-3-2-8(14)6-10(9)13;/h2-3,6-7H,4-5,15H2,1H3,(H,16,17);1H. The van der Waals surface area contributed by atoms with Crippen molar-refractivity contribution in [1.29, 1.82) is 0 Å². The third-order valence-electron chi connectivity index (χ3n) is 3.02. The Labute approximate surface area is 116 Å². The molecule has 3 nitrogen and oxygen atoms in total. The molecule has 1 unspecified atom stereocenters. The van der Waals surface area contributed by atoms with E-state index in [4.69, 9.17) is 17.3 Å². The van der Waals surface area contributed by atoms with Crippen molar-refractivity contribution in [2.24, 2.45) is 5.73 Å². The molecule has 18 heavy (non-hydrogen) atoms. The van der Waals surface area contributed by atoms with Crippen molar-refractivity contribution in [3.05, 3.63) is 34.6 Å². The molecule has 2 rings (SSSR count). The summed E-state index contributed by atoms with van der Waals surface area (Å²) in [4.78, 5) is 11.7. The molecule has 0 saturated heterocycles. The van der Waals surface area contributed by atoms with Gasteiger partial charge in [0.2, 0.25) is 5.91 Å². The van der Waals surface area contributed by atoms with Gasteiger partial charge in [-0.3, -0.25) is 4.79 Å². The van der Waals surface area contributed by atoms with E-state index in [9.17, 15) is 9.18 Å². The molecule has 1 fully saturated rings. The highest BCUT2D eigenvalue weighted by Crippen LogP contribution is 2.33. The van der Waals surface area contributed by atoms with E-state index in [0.29, 0.717) is 23.4 Å². The summed E-state index contributed by atoms with van der Waals surface area (Å²) < 4.78 is 12.9. The monoisotopic (exact) mass is 292 g/mol. The van der Waals surface area contributed by atoms with Gasteiger partial charge in [0.25, 0.3) is 0 Å². The molecule has 0 spiro atoms. The van der Waals surface area contributed by atoms with Crippen LogP contribution >= 0.6 is 24.0 Å². The summed E-state index contributed by atoms with van der Waals surface area (Å²) >= 11 is 5.92. The van der Waals surface area contributed by atoms with E-state index in [2.05, 4.69) is 5.32 Å². The number of benzene rings is 1. The van der Waals surface area contributed by atoms with E-state index >= 15 is 0 Å². The Kier molecular flexibility index (Phi) is 4.59. The number of amides is 1. The van der Waals surface area contributed by atoms with Gasteiger partial charge < -0.3 is 11.1 Å². The number of carbonyl (C=O) groups excluding carboxylic acids is 1. The summed E-state index contributed by atoms with van der Waals surface area (Å²) in [5.41, 5.74) is 5.75. The molecule has 100 valence electrons. The van der Waals surface area contributed by atoms with Crippen molar-refractivity contribution in [2.45, 2.75) is 31.3 Å². The lowest BCUT2D eigenvalue weighted by atomic mass is 10.1. The van der Waals surface area contributed by atoms with Crippen molar-refractivity contribution in [1.82, 2.24) is 5.32 Å². The predicted molar refractivity (Wildman–Crippen MR) is 71.4 cm³/mol. The second-order valence-electron chi connectivity index (χ2n) is 4.52. The smallest absolute Gasteiger partial charge is 0.240 e. The van der Waals surface area contributed by atoms with E-state index in [1.54, 1.807) is 13.0 Å². The van der Waals surface area contributed by atoms with Crippen LogP contribution in [0.4, 0.5) is 4.39 Å². The summed E-state index contributed by atoms with van der Waals surface area (Å²) in [5.74, 6) is -0.569. The maximum Gasteiger partial charge on any atom is 0.240 e. The highest BCUT2D eigenvalue weighted by molar-refractivity contribution is 6.31. The second-order valence-corrected chi connectivity index (χ2v) is 4.92. The average molecular weight is 293 g/mol. The largest absolute Gasteiger partial charge is 0.348 e. The molecule has 1 aliphatic carbocycles. The van der Waals surface area contributed by atoms with Crippen LogP contribution in [0.15, 0.2) is 18.2 Å². The van der Waals surface area contributed by atoms with Crippen LogP contribution in [0.5, 0.6) is 0 Å². The summed E-state index contributed by atoms with van der Waals surface area (Å²) in [7, 11) is 0. The minimum atomic E-state index is -0.708. The Morgan fingerprint density at radius 2 is 2.17 bits per heavy atom. The maximum absolute atomic E-state index is 12.9. The molecule has 0 radical (unpaired) electrons. The lowest BCUT2D eigenvalue weighted by molar-refractivity contribution is -0.123. The molecule has 0 heterocycles. The first kappa shape index (κ1) is 15.2. The molecule has 1 saturated carbocycles. The minimum Gasteiger partial charge on any atom is -0.348 e. The number of halogens is 3. The normalized spacial score (nSPS) is 17.6. The van der Waals surface area contributed by atoms with E-state index in [0.717, 1.165) is 0 Å². The number of nitrogens with two attached hydrogens (primary N) is 1. The van der Waals surface area contributed by atoms with Gasteiger partial charge in [-0.2, -0.15) is 0 Å². The van der Waals surface area contributed by atoms with Crippen molar-refractivity contribution >= 4 is 29.9 Å². The minimum absolute atomic E-state index is 0. The second kappa shape index (κ2) is 5.43. The summed E-state index contributed by atoms with van der Waals surface area (Å²) in [6.07, 6.45) is 1.42. The van der Waals surface area contributed by atoms with Crippen molar-refractivity contribution in [3.8, 4) is 0 Å². The molecule has 1 aromatic rings. The van der Waals surface area contributed by atoms with Crippen LogP contribution in [0.3, 0.4) is 0 Å². The molecule has 1 amide bonds. The molecular formula is C12H15Cl2FN2O.